The minimum atomic E-state index is -4.99. The number of hydrogen-bond acceptors (Lipinski definition) is 7. The fourth-order valence-corrected chi connectivity index (χ4v) is 4.63. The molecule has 1 unspecified atom stereocenters. The van der Waals surface area contributed by atoms with E-state index < -0.39 is 59.1 Å². The van der Waals surface area contributed by atoms with Gasteiger partial charge in [0.05, 0.1) is 42.3 Å². The molecule has 1 aliphatic heterocycles. The molecule has 0 radical (unpaired) electrons. The SMILES string of the molecule is CCCC[C@H](NC(=O)O[C@H](CN1C=C(c2cc(C(F)(F)F)cc(C(F)(F)F)c2)N(C)C1)C(C)(C)C)C(O)C(=O)Nc1ccn[nH]1. The Bertz CT molecular complexity index is 1310. The number of anilines is 1. The molecule has 10 nitrogen and oxygen atoms in total. The second-order valence-electron chi connectivity index (χ2n) is 12.0. The number of alkyl carbamates (subject to hydrolysis) is 1. The van der Waals surface area contributed by atoms with E-state index in [2.05, 4.69) is 20.8 Å². The van der Waals surface area contributed by atoms with Gasteiger partial charge in [-0.05, 0) is 24.6 Å². The lowest BCUT2D eigenvalue weighted by molar-refractivity contribution is -0.143. The molecule has 1 aliphatic rings. The van der Waals surface area contributed by atoms with Crippen molar-refractivity contribution in [3.05, 3.63) is 53.4 Å². The van der Waals surface area contributed by atoms with Crippen LogP contribution in [0.1, 0.15) is 63.6 Å². The van der Waals surface area contributed by atoms with Crippen LogP contribution in [0.25, 0.3) is 5.70 Å². The van der Waals surface area contributed by atoms with Crippen LogP contribution in [-0.2, 0) is 21.9 Å². The van der Waals surface area contributed by atoms with Gasteiger partial charge in [-0.1, -0.05) is 40.5 Å². The third-order valence-electron chi connectivity index (χ3n) is 7.19. The van der Waals surface area contributed by atoms with Crippen molar-refractivity contribution in [2.75, 3.05) is 25.6 Å². The predicted octanol–water partition coefficient (Wildman–Crippen LogP) is 5.65. The average Bonchev–Trinajstić information content (AvgIpc) is 3.57. The summed E-state index contributed by atoms with van der Waals surface area (Å²) in [6, 6.07) is 1.89. The third-order valence-corrected chi connectivity index (χ3v) is 7.19. The number of nitrogens with zero attached hydrogens (tertiary/aromatic N) is 3. The number of rotatable bonds is 11. The van der Waals surface area contributed by atoms with Crippen LogP contribution in [0, 0.1) is 5.41 Å². The van der Waals surface area contributed by atoms with Crippen molar-refractivity contribution >= 4 is 23.5 Å². The van der Waals surface area contributed by atoms with Crippen molar-refractivity contribution in [1.82, 2.24) is 25.3 Å². The maximum atomic E-state index is 13.5. The Hall–Kier alpha value is -3.95. The van der Waals surface area contributed by atoms with E-state index in [1.165, 1.54) is 30.4 Å². The second kappa shape index (κ2) is 14.0. The van der Waals surface area contributed by atoms with Crippen LogP contribution in [0.4, 0.5) is 37.0 Å². The van der Waals surface area contributed by atoms with Crippen LogP contribution < -0.4 is 10.6 Å². The molecule has 0 spiro atoms. The van der Waals surface area contributed by atoms with Crippen molar-refractivity contribution in [3.8, 4) is 0 Å². The molecule has 3 atom stereocenters. The summed E-state index contributed by atoms with van der Waals surface area (Å²) in [7, 11) is 1.52. The van der Waals surface area contributed by atoms with E-state index in [-0.39, 0.29) is 42.8 Å². The van der Waals surface area contributed by atoms with E-state index in [9.17, 15) is 41.0 Å². The number of aliphatic hydroxyl groups is 1. The van der Waals surface area contributed by atoms with Gasteiger partial charge in [0.15, 0.2) is 6.10 Å². The Kier molecular flexibility index (Phi) is 11.1. The number of ether oxygens (including phenoxy) is 1. The van der Waals surface area contributed by atoms with Crippen molar-refractivity contribution in [2.24, 2.45) is 5.41 Å². The zero-order valence-corrected chi connectivity index (χ0v) is 25.5. The van der Waals surface area contributed by atoms with Crippen LogP contribution >= 0.6 is 0 Å². The molecule has 16 heteroatoms. The summed E-state index contributed by atoms with van der Waals surface area (Å²) in [4.78, 5) is 28.8. The van der Waals surface area contributed by atoms with Gasteiger partial charge in [-0.25, -0.2) is 4.79 Å². The zero-order chi connectivity index (χ0) is 33.7. The number of unbranched alkanes of at least 4 members (excludes halogenated alkanes) is 1. The Balaban J connectivity index is 1.78. The van der Waals surface area contributed by atoms with Crippen molar-refractivity contribution < 1.29 is 45.8 Å². The molecule has 0 saturated carbocycles. The molecule has 0 fully saturated rings. The van der Waals surface area contributed by atoms with Gasteiger partial charge in [0.1, 0.15) is 11.9 Å². The highest BCUT2D eigenvalue weighted by atomic mass is 19.4. The summed E-state index contributed by atoms with van der Waals surface area (Å²) in [6.07, 6.45) is -8.93. The highest BCUT2D eigenvalue weighted by Crippen LogP contribution is 2.39. The summed E-state index contributed by atoms with van der Waals surface area (Å²) >= 11 is 0. The number of aliphatic hydroxyl groups excluding tert-OH is 1. The number of alkyl halides is 6. The van der Waals surface area contributed by atoms with Gasteiger partial charge in [-0.3, -0.25) is 9.89 Å². The first-order valence-corrected chi connectivity index (χ1v) is 14.2. The van der Waals surface area contributed by atoms with E-state index >= 15 is 0 Å². The molecule has 250 valence electrons. The fraction of sp³-hybridized carbons (Fsp3) is 0.552. The van der Waals surface area contributed by atoms with E-state index in [1.54, 1.807) is 25.7 Å². The molecule has 2 amide bonds. The number of carbonyl (C=O) groups excluding carboxylic acids is 2. The second-order valence-corrected chi connectivity index (χ2v) is 12.0. The predicted molar refractivity (Wildman–Crippen MR) is 153 cm³/mol. The van der Waals surface area contributed by atoms with E-state index in [4.69, 9.17) is 4.74 Å². The van der Waals surface area contributed by atoms with Crippen LogP contribution in [0.15, 0.2) is 36.7 Å². The normalized spacial score (nSPS) is 16.2. The van der Waals surface area contributed by atoms with Gasteiger partial charge < -0.3 is 30.3 Å². The summed E-state index contributed by atoms with van der Waals surface area (Å²) in [6.45, 7) is 7.41. The quantitative estimate of drug-likeness (QED) is 0.232. The molecular formula is C29H38F6N6O4. The van der Waals surface area contributed by atoms with Gasteiger partial charge in [-0.15, -0.1) is 0 Å². The van der Waals surface area contributed by atoms with Gasteiger partial charge in [0.2, 0.25) is 0 Å². The number of amides is 2. The zero-order valence-electron chi connectivity index (χ0n) is 25.5. The standard InChI is InChI=1S/C29H38F6N6O4/c1-6-7-8-20(24(42)25(43)38-23-9-10-36-39-23)37-26(44)45-22(27(2,3)4)15-41-14-21(40(5)16-41)17-11-18(28(30,31)32)13-19(12-17)29(33,34)35/h9-14,20,22,24,42H,6-8,15-16H2,1-5H3,(H,37,44)(H2,36,38,39,43)/t20-,22+,24?/m0/s1. The van der Waals surface area contributed by atoms with Crippen molar-refractivity contribution in [1.29, 1.82) is 0 Å². The minimum Gasteiger partial charge on any atom is -0.444 e. The molecule has 4 N–H and O–H groups in total. The Morgan fingerprint density at radius 2 is 1.71 bits per heavy atom. The van der Waals surface area contributed by atoms with E-state index in [0.29, 0.717) is 18.6 Å². The Morgan fingerprint density at radius 1 is 1.09 bits per heavy atom. The monoisotopic (exact) mass is 648 g/mol. The first-order chi connectivity index (χ1) is 20.8. The van der Waals surface area contributed by atoms with Crippen molar-refractivity contribution in [2.45, 2.75) is 77.6 Å². The molecule has 0 bridgehead atoms. The first kappa shape index (κ1) is 35.5. The molecule has 0 aliphatic carbocycles. The molecule has 1 aromatic heterocycles. The number of nitrogens with one attached hydrogen (secondary N) is 3. The molecule has 0 saturated heterocycles. The Labute approximate surface area is 256 Å². The third kappa shape index (κ3) is 9.77. The molecule has 2 heterocycles. The van der Waals surface area contributed by atoms with E-state index in [0.717, 1.165) is 6.42 Å². The summed E-state index contributed by atoms with van der Waals surface area (Å²) < 4.78 is 86.4. The topological polar surface area (TPSA) is 123 Å². The average molecular weight is 649 g/mol. The minimum absolute atomic E-state index is 0.0400. The van der Waals surface area contributed by atoms with Crippen LogP contribution in [0.5, 0.6) is 0 Å². The number of aromatic amines is 1. The van der Waals surface area contributed by atoms with Gasteiger partial charge >= 0.3 is 18.4 Å². The number of H-pyrrole nitrogens is 1. The maximum absolute atomic E-state index is 13.5. The fourth-order valence-electron chi connectivity index (χ4n) is 4.63. The lowest BCUT2D eigenvalue weighted by Crippen LogP contribution is -2.51. The summed E-state index contributed by atoms with van der Waals surface area (Å²) in [5, 5.41) is 22.0. The molecule has 3 rings (SSSR count). The Morgan fingerprint density at radius 3 is 2.22 bits per heavy atom. The van der Waals surface area contributed by atoms with Crippen molar-refractivity contribution in [3.63, 3.8) is 0 Å². The molecule has 2 aromatic rings. The van der Waals surface area contributed by atoms with E-state index in [1.807, 2.05) is 6.92 Å². The number of carbonyl (C=O) groups is 2. The van der Waals surface area contributed by atoms with Crippen LogP contribution in [0.3, 0.4) is 0 Å². The summed E-state index contributed by atoms with van der Waals surface area (Å²) in [5.74, 6) is -0.513. The van der Waals surface area contributed by atoms with Gasteiger partial charge in [0.25, 0.3) is 5.91 Å². The lowest BCUT2D eigenvalue weighted by Gasteiger charge is -2.34. The summed E-state index contributed by atoms with van der Waals surface area (Å²) in [5.41, 5.74) is -3.66. The number of hydrogen-bond donors (Lipinski definition) is 4. The highest BCUT2D eigenvalue weighted by Gasteiger charge is 2.39. The number of halogens is 6. The van der Waals surface area contributed by atoms with Crippen LogP contribution in [-0.4, -0.2) is 75.6 Å². The maximum Gasteiger partial charge on any atom is 0.416 e. The lowest BCUT2D eigenvalue weighted by atomic mass is 9.88. The van der Waals surface area contributed by atoms with Gasteiger partial charge in [0, 0.05) is 30.3 Å². The van der Waals surface area contributed by atoms with Crippen LogP contribution in [0.2, 0.25) is 0 Å². The molecular weight excluding hydrogens is 610 g/mol. The van der Waals surface area contributed by atoms with Gasteiger partial charge in [-0.2, -0.15) is 31.4 Å². The molecule has 1 aromatic carbocycles. The number of aromatic nitrogens is 2. The largest absolute Gasteiger partial charge is 0.444 e. The molecule has 45 heavy (non-hydrogen) atoms. The smallest absolute Gasteiger partial charge is 0.416 e. The highest BCUT2D eigenvalue weighted by molar-refractivity contribution is 5.94. The number of benzene rings is 1. The first-order valence-electron chi connectivity index (χ1n) is 14.2.